The average Bonchev–Trinajstić information content (AvgIpc) is 2.34. The van der Waals surface area contributed by atoms with Gasteiger partial charge in [0.25, 0.3) is 0 Å². The van der Waals surface area contributed by atoms with Crippen LogP contribution in [0.15, 0.2) is 12.1 Å². The van der Waals surface area contributed by atoms with Crippen LogP contribution in [0.1, 0.15) is 44.2 Å². The summed E-state index contributed by atoms with van der Waals surface area (Å²) in [6.07, 6.45) is 1.16. The molecule has 3 heteroatoms. The molecule has 2 rings (SSSR count). The molecule has 2 N–H and O–H groups in total. The van der Waals surface area contributed by atoms with Crippen molar-refractivity contribution < 1.29 is 4.74 Å². The molecule has 0 spiro atoms. The third-order valence-electron chi connectivity index (χ3n) is 4.26. The highest BCUT2D eigenvalue weighted by molar-refractivity contribution is 5.63. The van der Waals surface area contributed by atoms with Crippen molar-refractivity contribution in [3.63, 3.8) is 0 Å². The number of rotatable bonds is 2. The van der Waals surface area contributed by atoms with Gasteiger partial charge < -0.3 is 15.4 Å². The molecule has 100 valence electrons. The molecule has 1 aliphatic rings. The first-order chi connectivity index (χ1) is 8.40. The molecule has 0 saturated heterocycles. The zero-order valence-corrected chi connectivity index (χ0v) is 12.1. The summed E-state index contributed by atoms with van der Waals surface area (Å²) < 4.78 is 5.45. The van der Waals surface area contributed by atoms with E-state index in [1.165, 1.54) is 11.3 Å². The number of anilines is 1. The van der Waals surface area contributed by atoms with E-state index in [-0.39, 0.29) is 5.54 Å². The van der Waals surface area contributed by atoms with Gasteiger partial charge in [-0.05, 0) is 37.8 Å². The Balaban J connectivity index is 2.58. The lowest BCUT2D eigenvalue weighted by atomic mass is 9.80. The van der Waals surface area contributed by atoms with E-state index >= 15 is 0 Å². The fraction of sp³-hybridized carbons (Fsp3) is 0.600. The van der Waals surface area contributed by atoms with Crippen molar-refractivity contribution in [2.45, 2.75) is 45.2 Å². The Morgan fingerprint density at radius 1 is 1.44 bits per heavy atom. The normalized spacial score (nSPS) is 21.7. The molecule has 0 radical (unpaired) electrons. The summed E-state index contributed by atoms with van der Waals surface area (Å²) in [6, 6.07) is 4.35. The largest absolute Gasteiger partial charge is 0.496 e. The number of nitrogens with two attached hydrogens (primary N) is 1. The van der Waals surface area contributed by atoms with E-state index in [0.29, 0.717) is 12.5 Å². The van der Waals surface area contributed by atoms with Crippen molar-refractivity contribution in [2.75, 3.05) is 19.1 Å². The second-order valence-electron chi connectivity index (χ2n) is 5.90. The maximum atomic E-state index is 5.80. The summed E-state index contributed by atoms with van der Waals surface area (Å²) in [4.78, 5) is 2.35. The topological polar surface area (TPSA) is 38.5 Å². The van der Waals surface area contributed by atoms with Gasteiger partial charge in [-0.25, -0.2) is 0 Å². The first-order valence-corrected chi connectivity index (χ1v) is 6.55. The van der Waals surface area contributed by atoms with Gasteiger partial charge in [-0.3, -0.25) is 0 Å². The lowest BCUT2D eigenvalue weighted by molar-refractivity contribution is 0.388. The van der Waals surface area contributed by atoms with Crippen LogP contribution in [-0.2, 0) is 6.54 Å². The predicted octanol–water partition coefficient (Wildman–Crippen LogP) is 2.88. The highest BCUT2D eigenvalue weighted by atomic mass is 16.5. The monoisotopic (exact) mass is 248 g/mol. The van der Waals surface area contributed by atoms with Crippen molar-refractivity contribution >= 4 is 5.69 Å². The van der Waals surface area contributed by atoms with E-state index in [2.05, 4.69) is 44.9 Å². The van der Waals surface area contributed by atoms with E-state index in [1.54, 1.807) is 7.11 Å². The predicted molar refractivity (Wildman–Crippen MR) is 76.4 cm³/mol. The minimum atomic E-state index is 0.182. The quantitative estimate of drug-likeness (QED) is 0.874. The van der Waals surface area contributed by atoms with Crippen molar-refractivity contribution in [3.8, 4) is 5.75 Å². The average molecular weight is 248 g/mol. The molecule has 0 unspecified atom stereocenters. The number of nitrogens with zero attached hydrogens (tertiary/aromatic N) is 1. The Hall–Kier alpha value is -1.22. The molecule has 1 heterocycles. The second kappa shape index (κ2) is 4.47. The van der Waals surface area contributed by atoms with Gasteiger partial charge in [0.1, 0.15) is 5.75 Å². The maximum absolute atomic E-state index is 5.80. The molecule has 3 nitrogen and oxygen atoms in total. The number of fused-ring (bicyclic) bond motifs is 1. The van der Waals surface area contributed by atoms with Crippen molar-refractivity contribution in [1.29, 1.82) is 0 Å². The Kier molecular flexibility index (Phi) is 3.28. The number of methoxy groups -OCH3 is 1. The van der Waals surface area contributed by atoms with Gasteiger partial charge in [0.05, 0.1) is 7.11 Å². The Bertz CT molecular complexity index is 454. The molecule has 1 aliphatic heterocycles. The van der Waals surface area contributed by atoms with Crippen LogP contribution in [0.25, 0.3) is 0 Å². The highest BCUT2D eigenvalue weighted by Gasteiger charge is 2.34. The minimum absolute atomic E-state index is 0.182. The third-order valence-corrected chi connectivity index (χ3v) is 4.26. The summed E-state index contributed by atoms with van der Waals surface area (Å²) in [7, 11) is 3.87. The minimum Gasteiger partial charge on any atom is -0.496 e. The van der Waals surface area contributed by atoms with Gasteiger partial charge in [-0.2, -0.15) is 0 Å². The van der Waals surface area contributed by atoms with Gasteiger partial charge in [0.15, 0.2) is 0 Å². The zero-order valence-electron chi connectivity index (χ0n) is 12.1. The zero-order chi connectivity index (χ0) is 13.5. The van der Waals surface area contributed by atoms with Crippen molar-refractivity contribution in [1.82, 2.24) is 0 Å². The van der Waals surface area contributed by atoms with Gasteiger partial charge in [-0.15, -0.1) is 0 Å². The van der Waals surface area contributed by atoms with Crippen LogP contribution in [0.2, 0.25) is 0 Å². The van der Waals surface area contributed by atoms with Crippen molar-refractivity contribution in [2.24, 2.45) is 5.73 Å². The Morgan fingerprint density at radius 2 is 2.11 bits per heavy atom. The molecular weight excluding hydrogens is 224 g/mol. The van der Waals surface area contributed by atoms with Crippen LogP contribution in [0, 0.1) is 0 Å². The van der Waals surface area contributed by atoms with Crippen LogP contribution in [-0.4, -0.2) is 19.7 Å². The lowest BCUT2D eigenvalue weighted by Gasteiger charge is -2.45. The van der Waals surface area contributed by atoms with E-state index in [4.69, 9.17) is 10.5 Å². The second-order valence-corrected chi connectivity index (χ2v) is 5.90. The molecular formula is C15H24N2O. The van der Waals surface area contributed by atoms with Crippen molar-refractivity contribution in [3.05, 3.63) is 23.3 Å². The maximum Gasteiger partial charge on any atom is 0.125 e. The van der Waals surface area contributed by atoms with Gasteiger partial charge in [0, 0.05) is 36.4 Å². The number of hydrogen-bond acceptors (Lipinski definition) is 3. The fourth-order valence-electron chi connectivity index (χ4n) is 2.99. The first kappa shape index (κ1) is 13.2. The molecule has 0 saturated carbocycles. The summed E-state index contributed by atoms with van der Waals surface area (Å²) in [5.41, 5.74) is 9.73. The summed E-state index contributed by atoms with van der Waals surface area (Å²) in [5.74, 6) is 1.45. The third kappa shape index (κ3) is 1.97. The summed E-state index contributed by atoms with van der Waals surface area (Å²) in [5, 5.41) is 0. The smallest absolute Gasteiger partial charge is 0.125 e. The molecule has 0 amide bonds. The molecule has 0 aromatic heterocycles. The SMILES string of the molecule is COc1cc2c(cc1CN)[C@@H](C)CC(C)(C)N2C. The summed E-state index contributed by atoms with van der Waals surface area (Å²) in [6.45, 7) is 7.39. The van der Waals surface area contributed by atoms with Crippen LogP contribution < -0.4 is 15.4 Å². The van der Waals surface area contributed by atoms with Crippen LogP contribution in [0.3, 0.4) is 0 Å². The summed E-state index contributed by atoms with van der Waals surface area (Å²) >= 11 is 0. The molecule has 0 aliphatic carbocycles. The van der Waals surface area contributed by atoms with Crippen LogP contribution in [0.4, 0.5) is 5.69 Å². The Labute approximate surface area is 110 Å². The van der Waals surface area contributed by atoms with Gasteiger partial charge in [0.2, 0.25) is 0 Å². The fourth-order valence-corrected chi connectivity index (χ4v) is 2.99. The number of ether oxygens (including phenoxy) is 1. The first-order valence-electron chi connectivity index (χ1n) is 6.55. The molecule has 1 aromatic rings. The van der Waals surface area contributed by atoms with E-state index < -0.39 is 0 Å². The van der Waals surface area contributed by atoms with Crippen LogP contribution >= 0.6 is 0 Å². The van der Waals surface area contributed by atoms with E-state index in [9.17, 15) is 0 Å². The molecule has 0 fully saturated rings. The molecule has 1 atom stereocenters. The van der Waals surface area contributed by atoms with Gasteiger partial charge in [-0.1, -0.05) is 6.92 Å². The van der Waals surface area contributed by atoms with E-state index in [1.807, 2.05) is 0 Å². The lowest BCUT2D eigenvalue weighted by Crippen LogP contribution is -2.45. The van der Waals surface area contributed by atoms with Gasteiger partial charge >= 0.3 is 0 Å². The van der Waals surface area contributed by atoms with Crippen LogP contribution in [0.5, 0.6) is 5.75 Å². The number of hydrogen-bond donors (Lipinski definition) is 1. The highest BCUT2D eigenvalue weighted by Crippen LogP contribution is 2.44. The standard InChI is InChI=1S/C15H24N2O/c1-10-8-15(2,3)17(4)13-7-14(18-5)11(9-16)6-12(10)13/h6-7,10H,8-9,16H2,1-5H3/t10-/m0/s1. The molecule has 0 bridgehead atoms. The number of benzene rings is 1. The molecule has 18 heavy (non-hydrogen) atoms. The van der Waals surface area contributed by atoms with E-state index in [0.717, 1.165) is 17.7 Å². The molecule has 1 aromatic carbocycles. The Morgan fingerprint density at radius 3 is 2.67 bits per heavy atom.